The van der Waals surface area contributed by atoms with E-state index in [1.165, 1.54) is 6.92 Å². The maximum absolute atomic E-state index is 11.3. The van der Waals surface area contributed by atoms with Crippen LogP contribution in [0.4, 0.5) is 0 Å². The maximum atomic E-state index is 11.3. The first kappa shape index (κ1) is 16.2. The van der Waals surface area contributed by atoms with Gasteiger partial charge in [0.25, 0.3) is 5.89 Å². The molecule has 3 aromatic rings. The largest absolute Gasteiger partial charge is 0.344 e. The van der Waals surface area contributed by atoms with Crippen LogP contribution in [-0.2, 0) is 10.3 Å². The second-order valence-corrected chi connectivity index (χ2v) is 6.23. The highest BCUT2D eigenvalue weighted by atomic mass is 35.5. The molecule has 0 unspecified atom stereocenters. The lowest BCUT2D eigenvalue weighted by molar-refractivity contribution is -0.120. The summed E-state index contributed by atoms with van der Waals surface area (Å²) in [6.45, 7) is 5.03. The predicted molar refractivity (Wildman–Crippen MR) is 88.7 cm³/mol. The lowest BCUT2D eigenvalue weighted by atomic mass is 10.1. The van der Waals surface area contributed by atoms with Crippen molar-refractivity contribution in [1.29, 1.82) is 0 Å². The van der Waals surface area contributed by atoms with E-state index >= 15 is 0 Å². The molecule has 2 aromatic heterocycles. The summed E-state index contributed by atoms with van der Waals surface area (Å²) in [7, 11) is 0. The second-order valence-electron chi connectivity index (χ2n) is 5.83. The molecule has 0 saturated carbocycles. The lowest BCUT2D eigenvalue weighted by Gasteiger charge is -2.20. The molecule has 7 nitrogen and oxygen atoms in total. The Morgan fingerprint density at radius 3 is 2.75 bits per heavy atom. The summed E-state index contributed by atoms with van der Waals surface area (Å²) in [4.78, 5) is 15.6. The van der Waals surface area contributed by atoms with Crippen LogP contribution in [0, 0.1) is 0 Å². The third-order valence-electron chi connectivity index (χ3n) is 3.38. The smallest absolute Gasteiger partial charge is 0.278 e. The van der Waals surface area contributed by atoms with E-state index in [1.807, 2.05) is 18.2 Å². The molecule has 8 heteroatoms. The van der Waals surface area contributed by atoms with Gasteiger partial charge in [-0.1, -0.05) is 28.9 Å². The van der Waals surface area contributed by atoms with E-state index in [0.29, 0.717) is 16.5 Å². The molecule has 3 rings (SSSR count). The molecule has 0 atom stereocenters. The average Bonchev–Trinajstić information content (AvgIpc) is 3.16. The number of halogens is 1. The van der Waals surface area contributed by atoms with Crippen molar-refractivity contribution in [2.45, 2.75) is 26.3 Å². The van der Waals surface area contributed by atoms with Crippen molar-refractivity contribution in [3.05, 3.63) is 47.4 Å². The van der Waals surface area contributed by atoms with Crippen LogP contribution in [-0.4, -0.2) is 25.8 Å². The molecule has 0 aliphatic heterocycles. The van der Waals surface area contributed by atoms with Crippen molar-refractivity contribution in [3.8, 4) is 17.3 Å². The Bertz CT molecular complexity index is 884. The molecule has 0 fully saturated rings. The Hall–Kier alpha value is -2.67. The van der Waals surface area contributed by atoms with Crippen LogP contribution in [0.15, 0.2) is 41.1 Å². The van der Waals surface area contributed by atoms with Gasteiger partial charge in [0.05, 0.1) is 16.2 Å². The number of carbonyl (C=O) groups is 1. The van der Waals surface area contributed by atoms with Crippen molar-refractivity contribution in [3.63, 3.8) is 0 Å². The van der Waals surface area contributed by atoms with Crippen LogP contribution >= 0.6 is 11.6 Å². The number of aromatic nitrogens is 4. The van der Waals surface area contributed by atoms with Gasteiger partial charge in [0.15, 0.2) is 11.5 Å². The molecular weight excluding hydrogens is 330 g/mol. The van der Waals surface area contributed by atoms with E-state index in [2.05, 4.69) is 20.6 Å². The third-order valence-corrected chi connectivity index (χ3v) is 3.70. The Labute approximate surface area is 143 Å². The summed E-state index contributed by atoms with van der Waals surface area (Å²) in [6, 6.07) is 9.14. The van der Waals surface area contributed by atoms with Crippen molar-refractivity contribution in [2.75, 3.05) is 0 Å². The Morgan fingerprint density at radius 2 is 2.04 bits per heavy atom. The fourth-order valence-electron chi connectivity index (χ4n) is 2.29. The number of carbonyl (C=O) groups excluding carboxylic acids is 1. The topological polar surface area (TPSA) is 85.8 Å². The van der Waals surface area contributed by atoms with Crippen LogP contribution in [0.5, 0.6) is 0 Å². The molecule has 1 N–H and O–H groups in total. The normalized spacial score (nSPS) is 11.5. The van der Waals surface area contributed by atoms with Crippen molar-refractivity contribution >= 4 is 17.5 Å². The molecule has 2 heterocycles. The Balaban J connectivity index is 1.89. The molecule has 124 valence electrons. The fraction of sp³-hybridized carbons (Fsp3) is 0.250. The molecule has 24 heavy (non-hydrogen) atoms. The van der Waals surface area contributed by atoms with Gasteiger partial charge in [-0.25, -0.2) is 4.68 Å². The minimum absolute atomic E-state index is 0.172. The predicted octanol–water partition coefficient (Wildman–Crippen LogP) is 2.95. The standard InChI is InChI=1S/C16H16ClN5O2/c1-10(23)19-16(2,3)15-18-14(24-21-15)12-8-9-22(20-12)13-7-5-4-6-11(13)17/h4-9H,1-3H3,(H,19,23). The molecule has 0 saturated heterocycles. The van der Waals surface area contributed by atoms with Gasteiger partial charge >= 0.3 is 0 Å². The van der Waals surface area contributed by atoms with Crippen LogP contribution in [0.25, 0.3) is 17.3 Å². The third kappa shape index (κ3) is 3.16. The maximum Gasteiger partial charge on any atom is 0.278 e. The average molecular weight is 346 g/mol. The van der Waals surface area contributed by atoms with E-state index in [9.17, 15) is 4.79 Å². The Morgan fingerprint density at radius 1 is 1.29 bits per heavy atom. The highest BCUT2D eigenvalue weighted by Crippen LogP contribution is 2.24. The zero-order chi connectivity index (χ0) is 17.3. The van der Waals surface area contributed by atoms with E-state index in [1.54, 1.807) is 36.9 Å². The number of para-hydroxylation sites is 1. The van der Waals surface area contributed by atoms with Crippen LogP contribution < -0.4 is 5.32 Å². The van der Waals surface area contributed by atoms with Crippen molar-refractivity contribution in [2.24, 2.45) is 0 Å². The van der Waals surface area contributed by atoms with Crippen molar-refractivity contribution < 1.29 is 9.32 Å². The van der Waals surface area contributed by atoms with Gasteiger partial charge in [-0.05, 0) is 32.0 Å². The highest BCUT2D eigenvalue weighted by Gasteiger charge is 2.28. The number of nitrogens with one attached hydrogen (secondary N) is 1. The van der Waals surface area contributed by atoms with Gasteiger partial charge < -0.3 is 9.84 Å². The number of hydrogen-bond donors (Lipinski definition) is 1. The lowest BCUT2D eigenvalue weighted by Crippen LogP contribution is -2.40. The molecule has 0 spiro atoms. The number of rotatable bonds is 4. The first-order chi connectivity index (χ1) is 11.4. The first-order valence-electron chi connectivity index (χ1n) is 7.31. The minimum atomic E-state index is -0.737. The molecule has 0 aliphatic rings. The minimum Gasteiger partial charge on any atom is -0.344 e. The van der Waals surface area contributed by atoms with E-state index < -0.39 is 5.54 Å². The van der Waals surface area contributed by atoms with E-state index in [0.717, 1.165) is 5.69 Å². The first-order valence-corrected chi connectivity index (χ1v) is 7.68. The van der Waals surface area contributed by atoms with Gasteiger partial charge in [0.2, 0.25) is 5.91 Å². The summed E-state index contributed by atoms with van der Waals surface area (Å²) in [5.74, 6) is 0.476. The number of nitrogens with zero attached hydrogens (tertiary/aromatic N) is 4. The van der Waals surface area contributed by atoms with Crippen LogP contribution in [0.1, 0.15) is 26.6 Å². The zero-order valence-electron chi connectivity index (χ0n) is 13.4. The van der Waals surface area contributed by atoms with Gasteiger partial charge in [-0.15, -0.1) is 0 Å². The second kappa shape index (κ2) is 6.09. The highest BCUT2D eigenvalue weighted by molar-refractivity contribution is 6.32. The van der Waals surface area contributed by atoms with Gasteiger partial charge in [-0.2, -0.15) is 10.1 Å². The monoisotopic (exact) mass is 345 g/mol. The van der Waals surface area contributed by atoms with E-state index in [-0.39, 0.29) is 11.8 Å². The number of amides is 1. The molecular formula is C16H16ClN5O2. The summed E-state index contributed by atoms with van der Waals surface area (Å²) in [5, 5.41) is 11.7. The molecule has 1 amide bonds. The zero-order valence-corrected chi connectivity index (χ0v) is 14.2. The summed E-state index contributed by atoms with van der Waals surface area (Å²) in [6.07, 6.45) is 1.76. The quantitative estimate of drug-likeness (QED) is 0.785. The Kier molecular flexibility index (Phi) is 4.11. The molecule has 0 radical (unpaired) electrons. The van der Waals surface area contributed by atoms with Crippen LogP contribution in [0.3, 0.4) is 0 Å². The molecule has 0 bridgehead atoms. The summed E-state index contributed by atoms with van der Waals surface area (Å²) in [5.41, 5.74) is 0.537. The van der Waals surface area contributed by atoms with Gasteiger partial charge in [0, 0.05) is 13.1 Å². The SMILES string of the molecule is CC(=O)NC(C)(C)c1noc(-c2ccn(-c3ccccc3Cl)n2)n1. The molecule has 1 aromatic carbocycles. The number of benzene rings is 1. The summed E-state index contributed by atoms with van der Waals surface area (Å²) >= 11 is 6.17. The molecule has 0 aliphatic carbocycles. The van der Waals surface area contributed by atoms with Gasteiger partial charge in [0.1, 0.15) is 0 Å². The van der Waals surface area contributed by atoms with Crippen molar-refractivity contribution in [1.82, 2.24) is 25.2 Å². The van der Waals surface area contributed by atoms with E-state index in [4.69, 9.17) is 16.1 Å². The summed E-state index contributed by atoms with van der Waals surface area (Å²) < 4.78 is 6.92. The van der Waals surface area contributed by atoms with Crippen LogP contribution in [0.2, 0.25) is 5.02 Å². The number of hydrogen-bond acceptors (Lipinski definition) is 5. The fourth-order valence-corrected chi connectivity index (χ4v) is 2.51. The van der Waals surface area contributed by atoms with Gasteiger partial charge in [-0.3, -0.25) is 4.79 Å².